The molecular formula is C15H22N2O2. The van der Waals surface area contributed by atoms with Gasteiger partial charge in [0, 0.05) is 13.1 Å². The normalized spacial score (nSPS) is 15.6. The molecule has 0 aromatic heterocycles. The number of rotatable bonds is 6. The van der Waals surface area contributed by atoms with Gasteiger partial charge < -0.3 is 10.1 Å². The zero-order chi connectivity index (χ0) is 13.5. The number of likely N-dealkylation sites (tertiary alicyclic amines) is 1. The molecule has 1 aromatic carbocycles. The molecule has 0 atom stereocenters. The lowest BCUT2D eigenvalue weighted by molar-refractivity contribution is -0.139. The minimum absolute atomic E-state index is 0.228. The van der Waals surface area contributed by atoms with E-state index in [-0.39, 0.29) is 12.5 Å². The van der Waals surface area contributed by atoms with Gasteiger partial charge in [0.2, 0.25) is 0 Å². The Bertz CT molecular complexity index is 414. The van der Waals surface area contributed by atoms with Gasteiger partial charge in [-0.2, -0.15) is 0 Å². The fourth-order valence-electron chi connectivity index (χ4n) is 2.42. The molecule has 0 unspecified atom stereocenters. The van der Waals surface area contributed by atoms with Crippen molar-refractivity contribution in [3.05, 3.63) is 35.4 Å². The van der Waals surface area contributed by atoms with E-state index in [0.29, 0.717) is 6.54 Å². The molecule has 104 valence electrons. The van der Waals surface area contributed by atoms with Crippen LogP contribution in [0.5, 0.6) is 0 Å². The zero-order valence-corrected chi connectivity index (χ0v) is 11.5. The number of carbonyl (C=O) groups excluding carboxylic acids is 1. The fourth-order valence-corrected chi connectivity index (χ4v) is 2.42. The number of ether oxygens (including phenoxy) is 1. The SMILES string of the molecule is COC(=O)CNCc1cccc(CN2CCCC2)c1. The maximum atomic E-state index is 11.0. The number of methoxy groups -OCH3 is 1. The Balaban J connectivity index is 1.82. The van der Waals surface area contributed by atoms with E-state index < -0.39 is 0 Å². The van der Waals surface area contributed by atoms with E-state index in [2.05, 4.69) is 39.2 Å². The highest BCUT2D eigenvalue weighted by Gasteiger charge is 2.11. The summed E-state index contributed by atoms with van der Waals surface area (Å²) in [6, 6.07) is 8.54. The zero-order valence-electron chi connectivity index (χ0n) is 11.5. The smallest absolute Gasteiger partial charge is 0.319 e. The van der Waals surface area contributed by atoms with Crippen LogP contribution in [0.1, 0.15) is 24.0 Å². The van der Waals surface area contributed by atoms with E-state index in [1.54, 1.807) is 0 Å². The molecule has 0 aliphatic carbocycles. The summed E-state index contributed by atoms with van der Waals surface area (Å²) in [4.78, 5) is 13.5. The van der Waals surface area contributed by atoms with Crippen LogP contribution in [0.2, 0.25) is 0 Å². The average molecular weight is 262 g/mol. The molecule has 0 amide bonds. The molecule has 1 fully saturated rings. The molecule has 1 aliphatic rings. The van der Waals surface area contributed by atoms with Gasteiger partial charge in [0.1, 0.15) is 0 Å². The Labute approximate surface area is 114 Å². The van der Waals surface area contributed by atoms with Crippen LogP contribution >= 0.6 is 0 Å². The second-order valence-electron chi connectivity index (χ2n) is 4.98. The average Bonchev–Trinajstić information content (AvgIpc) is 2.92. The van der Waals surface area contributed by atoms with Gasteiger partial charge in [-0.05, 0) is 37.1 Å². The third-order valence-electron chi connectivity index (χ3n) is 3.42. The first kappa shape index (κ1) is 14.0. The van der Waals surface area contributed by atoms with Crippen molar-refractivity contribution in [2.75, 3.05) is 26.7 Å². The maximum absolute atomic E-state index is 11.0. The first-order chi connectivity index (χ1) is 9.28. The highest BCUT2D eigenvalue weighted by atomic mass is 16.5. The predicted molar refractivity (Wildman–Crippen MR) is 74.7 cm³/mol. The van der Waals surface area contributed by atoms with Gasteiger partial charge in [-0.15, -0.1) is 0 Å². The molecule has 0 spiro atoms. The number of nitrogens with zero attached hydrogens (tertiary/aromatic N) is 1. The molecule has 1 heterocycles. The van der Waals surface area contributed by atoms with Crippen molar-refractivity contribution < 1.29 is 9.53 Å². The summed E-state index contributed by atoms with van der Waals surface area (Å²) in [6.45, 7) is 4.41. The minimum atomic E-state index is -0.228. The van der Waals surface area contributed by atoms with Crippen LogP contribution in [0.25, 0.3) is 0 Å². The van der Waals surface area contributed by atoms with Crippen LogP contribution in [-0.2, 0) is 22.6 Å². The van der Waals surface area contributed by atoms with E-state index in [9.17, 15) is 4.79 Å². The second-order valence-corrected chi connectivity index (χ2v) is 4.98. The Kier molecular flexibility index (Phi) is 5.36. The molecule has 4 nitrogen and oxygen atoms in total. The monoisotopic (exact) mass is 262 g/mol. The summed E-state index contributed by atoms with van der Waals surface area (Å²) in [7, 11) is 1.40. The summed E-state index contributed by atoms with van der Waals surface area (Å²) in [5, 5.41) is 3.09. The summed E-state index contributed by atoms with van der Waals surface area (Å²) < 4.78 is 4.59. The van der Waals surface area contributed by atoms with Crippen molar-refractivity contribution in [1.29, 1.82) is 0 Å². The Hall–Kier alpha value is -1.39. The van der Waals surface area contributed by atoms with Crippen LogP contribution in [0.15, 0.2) is 24.3 Å². The first-order valence-corrected chi connectivity index (χ1v) is 6.85. The maximum Gasteiger partial charge on any atom is 0.319 e. The van der Waals surface area contributed by atoms with Gasteiger partial charge >= 0.3 is 5.97 Å². The van der Waals surface area contributed by atoms with Crippen LogP contribution in [0, 0.1) is 0 Å². The molecule has 1 aliphatic heterocycles. The van der Waals surface area contributed by atoms with E-state index in [1.165, 1.54) is 44.2 Å². The number of carbonyl (C=O) groups is 1. The van der Waals surface area contributed by atoms with Crippen LogP contribution in [0.4, 0.5) is 0 Å². The van der Waals surface area contributed by atoms with Crippen LogP contribution in [-0.4, -0.2) is 37.6 Å². The molecule has 4 heteroatoms. The lowest BCUT2D eigenvalue weighted by Crippen LogP contribution is -2.23. The molecule has 1 N–H and O–H groups in total. The van der Waals surface area contributed by atoms with Crippen molar-refractivity contribution in [3.63, 3.8) is 0 Å². The lowest BCUT2D eigenvalue weighted by atomic mass is 10.1. The molecule has 0 bridgehead atoms. The van der Waals surface area contributed by atoms with Crippen molar-refractivity contribution >= 4 is 5.97 Å². The molecule has 1 aromatic rings. The Morgan fingerprint density at radius 3 is 2.79 bits per heavy atom. The summed E-state index contributed by atoms with van der Waals surface area (Å²) >= 11 is 0. The number of benzene rings is 1. The van der Waals surface area contributed by atoms with E-state index in [0.717, 1.165) is 6.54 Å². The van der Waals surface area contributed by atoms with Crippen molar-refractivity contribution in [2.45, 2.75) is 25.9 Å². The minimum Gasteiger partial charge on any atom is -0.468 e. The second kappa shape index (κ2) is 7.26. The van der Waals surface area contributed by atoms with Gasteiger partial charge in [-0.25, -0.2) is 0 Å². The van der Waals surface area contributed by atoms with Gasteiger partial charge in [-0.1, -0.05) is 24.3 Å². The van der Waals surface area contributed by atoms with E-state index in [1.807, 2.05) is 0 Å². The molecular weight excluding hydrogens is 240 g/mol. The van der Waals surface area contributed by atoms with E-state index in [4.69, 9.17) is 0 Å². The topological polar surface area (TPSA) is 41.6 Å². The largest absolute Gasteiger partial charge is 0.468 e. The molecule has 1 saturated heterocycles. The summed E-state index contributed by atoms with van der Waals surface area (Å²) in [6.07, 6.45) is 2.64. The van der Waals surface area contributed by atoms with Crippen molar-refractivity contribution in [3.8, 4) is 0 Å². The summed E-state index contributed by atoms with van der Waals surface area (Å²) in [5.41, 5.74) is 2.56. The molecule has 0 saturated carbocycles. The quantitative estimate of drug-likeness (QED) is 0.790. The lowest BCUT2D eigenvalue weighted by Gasteiger charge is -2.15. The third kappa shape index (κ3) is 4.65. The first-order valence-electron chi connectivity index (χ1n) is 6.85. The van der Waals surface area contributed by atoms with Crippen molar-refractivity contribution in [2.24, 2.45) is 0 Å². The summed E-state index contributed by atoms with van der Waals surface area (Å²) in [5.74, 6) is -0.228. The number of nitrogens with one attached hydrogen (secondary N) is 1. The standard InChI is InChI=1S/C15H22N2O2/c1-19-15(18)11-16-10-13-5-4-6-14(9-13)12-17-7-2-3-8-17/h4-6,9,16H,2-3,7-8,10-12H2,1H3. The van der Waals surface area contributed by atoms with Crippen LogP contribution in [0.3, 0.4) is 0 Å². The van der Waals surface area contributed by atoms with Gasteiger partial charge in [0.15, 0.2) is 0 Å². The van der Waals surface area contributed by atoms with E-state index >= 15 is 0 Å². The van der Waals surface area contributed by atoms with Crippen molar-refractivity contribution in [1.82, 2.24) is 10.2 Å². The number of hydrogen-bond donors (Lipinski definition) is 1. The van der Waals surface area contributed by atoms with Gasteiger partial charge in [0.25, 0.3) is 0 Å². The van der Waals surface area contributed by atoms with Crippen LogP contribution < -0.4 is 5.32 Å². The Morgan fingerprint density at radius 2 is 2.05 bits per heavy atom. The van der Waals surface area contributed by atoms with Gasteiger partial charge in [0.05, 0.1) is 13.7 Å². The highest BCUT2D eigenvalue weighted by molar-refractivity contribution is 5.71. The number of hydrogen-bond acceptors (Lipinski definition) is 4. The fraction of sp³-hybridized carbons (Fsp3) is 0.533. The van der Waals surface area contributed by atoms with Gasteiger partial charge in [-0.3, -0.25) is 9.69 Å². The molecule has 0 radical (unpaired) electrons. The Morgan fingerprint density at radius 1 is 1.32 bits per heavy atom. The highest BCUT2D eigenvalue weighted by Crippen LogP contribution is 2.13. The predicted octanol–water partition coefficient (Wildman–Crippen LogP) is 1.54. The number of esters is 1. The molecule has 2 rings (SSSR count). The third-order valence-corrected chi connectivity index (χ3v) is 3.42. The molecule has 19 heavy (non-hydrogen) atoms.